The van der Waals surface area contributed by atoms with Crippen molar-refractivity contribution in [1.82, 2.24) is 4.73 Å². The van der Waals surface area contributed by atoms with Crippen LogP contribution in [0.2, 0.25) is 0 Å². The first-order valence-electron chi connectivity index (χ1n) is 11.5. The third-order valence-corrected chi connectivity index (χ3v) is 6.48. The fourth-order valence-corrected chi connectivity index (χ4v) is 4.75. The molecule has 0 unspecified atom stereocenters. The van der Waals surface area contributed by atoms with Gasteiger partial charge in [-0.15, -0.1) is 0 Å². The van der Waals surface area contributed by atoms with Gasteiger partial charge in [-0.2, -0.15) is 4.73 Å². The normalized spacial score (nSPS) is 14.5. The van der Waals surface area contributed by atoms with Crippen LogP contribution in [0, 0.1) is 6.92 Å². The molecule has 0 amide bonds. The van der Waals surface area contributed by atoms with E-state index in [1.54, 1.807) is 4.73 Å². The molecule has 2 N–H and O–H groups in total. The van der Waals surface area contributed by atoms with Crippen LogP contribution >= 0.6 is 0 Å². The Morgan fingerprint density at radius 1 is 1.16 bits per heavy atom. The van der Waals surface area contributed by atoms with Gasteiger partial charge in [0.15, 0.2) is 0 Å². The molecule has 0 saturated heterocycles. The zero-order valence-electron chi connectivity index (χ0n) is 19.3. The Morgan fingerprint density at radius 3 is 2.56 bits per heavy atom. The minimum absolute atomic E-state index is 0.319. The predicted molar refractivity (Wildman–Crippen MR) is 129 cm³/mol. The van der Waals surface area contributed by atoms with Crippen molar-refractivity contribution < 1.29 is 14.4 Å². The van der Waals surface area contributed by atoms with Crippen molar-refractivity contribution >= 4 is 28.2 Å². The van der Waals surface area contributed by atoms with Crippen molar-refractivity contribution in [3.05, 3.63) is 59.3 Å². The van der Waals surface area contributed by atoms with E-state index in [2.05, 4.69) is 11.9 Å². The van der Waals surface area contributed by atoms with Gasteiger partial charge in [-0.05, 0) is 44.4 Å². The number of nitrogens with two attached hydrogens (primary N) is 1. The number of hydrogen-bond acceptors (Lipinski definition) is 5. The van der Waals surface area contributed by atoms with Crippen LogP contribution in [0.1, 0.15) is 60.6 Å². The number of fused-ring (bicyclic) bond motifs is 1. The number of anilines is 2. The fourth-order valence-electron chi connectivity index (χ4n) is 4.75. The van der Waals surface area contributed by atoms with Crippen LogP contribution in [0.3, 0.4) is 0 Å². The van der Waals surface area contributed by atoms with Gasteiger partial charge in [0, 0.05) is 18.5 Å². The molecule has 2 aromatic carbocycles. The molecule has 0 radical (unpaired) electrons. The molecule has 0 aliphatic heterocycles. The van der Waals surface area contributed by atoms with Gasteiger partial charge in [-0.3, -0.25) is 0 Å². The number of aromatic nitrogens is 1. The first-order chi connectivity index (χ1) is 15.5. The van der Waals surface area contributed by atoms with Crippen LogP contribution in [-0.2, 0) is 11.3 Å². The molecule has 0 spiro atoms. The highest BCUT2D eigenvalue weighted by Crippen LogP contribution is 2.36. The van der Waals surface area contributed by atoms with E-state index in [4.69, 9.17) is 15.3 Å². The summed E-state index contributed by atoms with van der Waals surface area (Å²) < 4.78 is 7.10. The fraction of sp³-hybridized carbons (Fsp3) is 0.423. The maximum Gasteiger partial charge on any atom is 0.340 e. The van der Waals surface area contributed by atoms with Gasteiger partial charge in [-0.1, -0.05) is 49.6 Å². The lowest BCUT2D eigenvalue weighted by atomic mass is 9.94. The minimum Gasteiger partial charge on any atom is -0.462 e. The smallest absolute Gasteiger partial charge is 0.340 e. The van der Waals surface area contributed by atoms with Crippen molar-refractivity contribution in [2.75, 3.05) is 24.3 Å². The lowest BCUT2D eigenvalue weighted by Gasteiger charge is -2.33. The summed E-state index contributed by atoms with van der Waals surface area (Å²) >= 11 is 0. The quantitative estimate of drug-likeness (QED) is 0.413. The molecule has 0 bridgehead atoms. The van der Waals surface area contributed by atoms with Crippen LogP contribution in [0.4, 0.5) is 11.4 Å². The molecule has 170 valence electrons. The number of esters is 1. The zero-order valence-corrected chi connectivity index (χ0v) is 19.3. The van der Waals surface area contributed by atoms with E-state index in [-0.39, 0.29) is 5.97 Å². The third kappa shape index (κ3) is 4.27. The molecule has 1 saturated carbocycles. The first kappa shape index (κ1) is 22.1. The second-order valence-electron chi connectivity index (χ2n) is 8.57. The summed E-state index contributed by atoms with van der Waals surface area (Å²) in [5, 5.41) is 0.806. The van der Waals surface area contributed by atoms with Gasteiger partial charge in [0.1, 0.15) is 6.61 Å². The number of carbonyl (C=O) groups is 1. The molecule has 6 heteroatoms. The van der Waals surface area contributed by atoms with E-state index < -0.39 is 0 Å². The van der Waals surface area contributed by atoms with Crippen LogP contribution < -0.4 is 15.5 Å². The SMILES string of the molecule is CCOC(=O)c1c(C)n(OCc2ccccc2)c2cc(N)c(N(C)C3CCCCC3)cc12. The molecular formula is C26H33N3O3. The molecule has 3 aromatic rings. The molecule has 4 rings (SSSR count). The van der Waals surface area contributed by atoms with Crippen LogP contribution in [-0.4, -0.2) is 30.4 Å². The van der Waals surface area contributed by atoms with E-state index in [9.17, 15) is 4.79 Å². The summed E-state index contributed by atoms with van der Waals surface area (Å²) in [6, 6.07) is 14.4. The first-order valence-corrected chi connectivity index (χ1v) is 11.5. The molecule has 1 aromatic heterocycles. The van der Waals surface area contributed by atoms with Gasteiger partial charge < -0.3 is 20.2 Å². The van der Waals surface area contributed by atoms with Crippen molar-refractivity contribution in [1.29, 1.82) is 0 Å². The largest absolute Gasteiger partial charge is 0.462 e. The Balaban J connectivity index is 1.77. The van der Waals surface area contributed by atoms with Crippen molar-refractivity contribution in [2.24, 2.45) is 0 Å². The molecule has 1 fully saturated rings. The lowest BCUT2D eigenvalue weighted by Crippen LogP contribution is -2.33. The molecule has 1 aliphatic rings. The van der Waals surface area contributed by atoms with E-state index in [1.165, 1.54) is 32.1 Å². The highest BCUT2D eigenvalue weighted by molar-refractivity contribution is 6.08. The Kier molecular flexibility index (Phi) is 6.58. The summed E-state index contributed by atoms with van der Waals surface area (Å²) in [4.78, 5) is 21.3. The number of hydrogen-bond donors (Lipinski definition) is 1. The molecule has 6 nitrogen and oxygen atoms in total. The van der Waals surface area contributed by atoms with Crippen molar-refractivity contribution in [2.45, 2.75) is 58.6 Å². The number of nitrogen functional groups attached to an aromatic ring is 1. The second-order valence-corrected chi connectivity index (χ2v) is 8.57. The van der Waals surface area contributed by atoms with Gasteiger partial charge in [0.05, 0.1) is 34.8 Å². The maximum atomic E-state index is 12.9. The van der Waals surface area contributed by atoms with Gasteiger partial charge in [-0.25, -0.2) is 4.79 Å². The van der Waals surface area contributed by atoms with Gasteiger partial charge in [0.25, 0.3) is 0 Å². The van der Waals surface area contributed by atoms with E-state index >= 15 is 0 Å². The van der Waals surface area contributed by atoms with E-state index in [0.29, 0.717) is 36.2 Å². The molecule has 1 heterocycles. The van der Waals surface area contributed by atoms with Crippen LogP contribution in [0.25, 0.3) is 10.9 Å². The molecular weight excluding hydrogens is 402 g/mol. The highest BCUT2D eigenvalue weighted by Gasteiger charge is 2.26. The standard InChI is InChI=1S/C26H33N3O3/c1-4-31-26(30)25-18(2)29(32-17-19-11-7-5-8-12-19)23-16-22(27)24(15-21(23)25)28(3)20-13-9-6-10-14-20/h5,7-8,11-12,15-16,20H,4,6,9-10,13-14,17,27H2,1-3H3. The van der Waals surface area contributed by atoms with Gasteiger partial charge in [0.2, 0.25) is 0 Å². The summed E-state index contributed by atoms with van der Waals surface area (Å²) in [6.07, 6.45) is 6.12. The second kappa shape index (κ2) is 9.55. The summed E-state index contributed by atoms with van der Waals surface area (Å²) in [6.45, 7) is 4.41. The van der Waals surface area contributed by atoms with E-state index in [0.717, 1.165) is 22.2 Å². The maximum absolute atomic E-state index is 12.9. The monoisotopic (exact) mass is 435 g/mol. The Labute approximate surface area is 189 Å². The number of ether oxygens (including phenoxy) is 1. The predicted octanol–water partition coefficient (Wildman–Crippen LogP) is 5.11. The average molecular weight is 436 g/mol. The van der Waals surface area contributed by atoms with Crippen molar-refractivity contribution in [3.63, 3.8) is 0 Å². The van der Waals surface area contributed by atoms with Crippen LogP contribution in [0.5, 0.6) is 0 Å². The topological polar surface area (TPSA) is 69.7 Å². The zero-order chi connectivity index (χ0) is 22.7. The number of benzene rings is 2. The van der Waals surface area contributed by atoms with Crippen LogP contribution in [0.15, 0.2) is 42.5 Å². The van der Waals surface area contributed by atoms with E-state index in [1.807, 2.05) is 56.3 Å². The van der Waals surface area contributed by atoms with Crippen molar-refractivity contribution in [3.8, 4) is 0 Å². The Hall–Kier alpha value is -3.15. The number of carbonyl (C=O) groups excluding carboxylic acids is 1. The molecule has 32 heavy (non-hydrogen) atoms. The Morgan fingerprint density at radius 2 is 1.88 bits per heavy atom. The number of nitrogens with zero attached hydrogens (tertiary/aromatic N) is 2. The molecule has 1 aliphatic carbocycles. The third-order valence-electron chi connectivity index (χ3n) is 6.48. The number of rotatable bonds is 7. The molecule has 0 atom stereocenters. The lowest BCUT2D eigenvalue weighted by molar-refractivity contribution is 0.0521. The Bertz CT molecular complexity index is 1080. The summed E-state index contributed by atoms with van der Waals surface area (Å²) in [7, 11) is 2.10. The average Bonchev–Trinajstić information content (AvgIpc) is 3.08. The minimum atomic E-state index is -0.340. The summed E-state index contributed by atoms with van der Waals surface area (Å²) in [5.74, 6) is -0.340. The summed E-state index contributed by atoms with van der Waals surface area (Å²) in [5.41, 5.74) is 11.3. The highest BCUT2D eigenvalue weighted by atomic mass is 16.7. The van der Waals surface area contributed by atoms with Gasteiger partial charge >= 0.3 is 5.97 Å².